The Morgan fingerprint density at radius 2 is 1.87 bits per heavy atom. The lowest BCUT2D eigenvalue weighted by atomic mass is 10.1. The molecule has 6 heteroatoms. The molecular weight excluding hydrogens is 288 g/mol. The second-order valence-electron chi connectivity index (χ2n) is 5.35. The quantitative estimate of drug-likeness (QED) is 0.327. The Balaban J connectivity index is 1.80. The van der Waals surface area contributed by atoms with E-state index in [4.69, 9.17) is 11.5 Å². The molecule has 0 amide bonds. The highest BCUT2D eigenvalue weighted by Crippen LogP contribution is 2.13. The highest BCUT2D eigenvalue weighted by molar-refractivity contribution is 5.81. The summed E-state index contributed by atoms with van der Waals surface area (Å²) in [5.74, 6) is -0.0507. The van der Waals surface area contributed by atoms with E-state index < -0.39 is 0 Å². The Labute approximate surface area is 134 Å². The summed E-state index contributed by atoms with van der Waals surface area (Å²) in [6, 6.07) is 16.5. The first kappa shape index (κ1) is 14.8. The first-order valence-electron chi connectivity index (χ1n) is 7.28. The number of para-hydroxylation sites is 2. The smallest absolute Gasteiger partial charge is 0.244 e. The van der Waals surface area contributed by atoms with Crippen molar-refractivity contribution >= 4 is 23.2 Å². The molecule has 3 rings (SSSR count). The second-order valence-corrected chi connectivity index (χ2v) is 5.35. The molecule has 3 aromatic rings. The van der Waals surface area contributed by atoms with Crippen LogP contribution in [0.25, 0.3) is 11.0 Å². The van der Waals surface area contributed by atoms with Crippen LogP contribution in [0.15, 0.2) is 65.1 Å². The normalized spacial score (nSPS) is 11.2. The minimum Gasteiger partial charge on any atom is -0.369 e. The summed E-state index contributed by atoms with van der Waals surface area (Å²) >= 11 is 0. The molecule has 116 valence electrons. The van der Waals surface area contributed by atoms with E-state index in [1.54, 1.807) is 6.21 Å². The Hall–Kier alpha value is -3.15. The summed E-state index contributed by atoms with van der Waals surface area (Å²) in [7, 11) is 2.06. The van der Waals surface area contributed by atoms with Crippen molar-refractivity contribution in [1.29, 1.82) is 0 Å². The maximum Gasteiger partial charge on any atom is 0.244 e. The number of rotatable bonds is 4. The summed E-state index contributed by atoms with van der Waals surface area (Å²) in [6.07, 6.45) is 3.73. The van der Waals surface area contributed by atoms with E-state index in [2.05, 4.69) is 69.1 Å². The summed E-state index contributed by atoms with van der Waals surface area (Å²) in [5, 5.41) is 7.39. The highest BCUT2D eigenvalue weighted by Gasteiger charge is 2.12. The van der Waals surface area contributed by atoms with Crippen LogP contribution in [-0.4, -0.2) is 16.7 Å². The molecule has 0 atom stereocenters. The van der Waals surface area contributed by atoms with Crippen molar-refractivity contribution in [1.82, 2.24) is 4.57 Å². The first-order valence-corrected chi connectivity index (χ1v) is 7.28. The van der Waals surface area contributed by atoms with E-state index in [1.165, 1.54) is 16.6 Å². The molecule has 0 unspecified atom stereocenters. The van der Waals surface area contributed by atoms with Crippen molar-refractivity contribution in [2.75, 3.05) is 0 Å². The average molecular weight is 307 g/mol. The van der Waals surface area contributed by atoms with Gasteiger partial charge in [-0.2, -0.15) is 5.10 Å². The lowest BCUT2D eigenvalue weighted by molar-refractivity contribution is -0.645. The zero-order chi connectivity index (χ0) is 16.2. The topological polar surface area (TPSA) is 85.6 Å². The van der Waals surface area contributed by atoms with Gasteiger partial charge in [0.25, 0.3) is 0 Å². The molecule has 0 radical (unpaired) electrons. The summed E-state index contributed by atoms with van der Waals surface area (Å²) < 4.78 is 4.36. The molecule has 0 aliphatic rings. The molecule has 2 aromatic carbocycles. The molecule has 0 saturated heterocycles. The lowest BCUT2D eigenvalue weighted by Gasteiger charge is -2.00. The molecule has 0 spiro atoms. The number of guanidine groups is 1. The fourth-order valence-corrected chi connectivity index (χ4v) is 2.53. The van der Waals surface area contributed by atoms with Crippen molar-refractivity contribution in [2.45, 2.75) is 6.54 Å². The molecule has 0 aliphatic carbocycles. The molecule has 1 heterocycles. The van der Waals surface area contributed by atoms with Crippen molar-refractivity contribution in [2.24, 2.45) is 28.7 Å². The number of aryl methyl sites for hydroxylation is 1. The number of fused-ring (bicyclic) bond motifs is 1. The average Bonchev–Trinajstić information content (AvgIpc) is 2.85. The van der Waals surface area contributed by atoms with E-state index in [1.807, 2.05) is 12.1 Å². The Bertz CT molecular complexity index is 870. The third kappa shape index (κ3) is 3.37. The highest BCUT2D eigenvalue weighted by atomic mass is 15.3. The van der Waals surface area contributed by atoms with Crippen LogP contribution < -0.4 is 16.0 Å². The largest absolute Gasteiger partial charge is 0.369 e. The van der Waals surface area contributed by atoms with Gasteiger partial charge in [-0.3, -0.25) is 0 Å². The van der Waals surface area contributed by atoms with Gasteiger partial charge in [0.15, 0.2) is 11.0 Å². The Morgan fingerprint density at radius 3 is 2.61 bits per heavy atom. The maximum atomic E-state index is 5.22. The van der Waals surface area contributed by atoms with Gasteiger partial charge >= 0.3 is 0 Å². The van der Waals surface area contributed by atoms with Gasteiger partial charge in [0.1, 0.15) is 6.54 Å². The van der Waals surface area contributed by atoms with Crippen LogP contribution in [0, 0.1) is 0 Å². The number of hydrogen-bond donors (Lipinski definition) is 2. The van der Waals surface area contributed by atoms with Gasteiger partial charge in [-0.25, -0.2) is 9.13 Å². The van der Waals surface area contributed by atoms with Crippen molar-refractivity contribution in [3.05, 3.63) is 66.0 Å². The van der Waals surface area contributed by atoms with Crippen LogP contribution in [-0.2, 0) is 13.6 Å². The maximum absolute atomic E-state index is 5.22. The van der Waals surface area contributed by atoms with Crippen molar-refractivity contribution in [3.63, 3.8) is 0 Å². The fraction of sp³-hybridized carbons (Fsp3) is 0.118. The van der Waals surface area contributed by atoms with E-state index >= 15 is 0 Å². The summed E-state index contributed by atoms with van der Waals surface area (Å²) in [4.78, 5) is 0. The molecule has 23 heavy (non-hydrogen) atoms. The second kappa shape index (κ2) is 6.31. The van der Waals surface area contributed by atoms with Crippen LogP contribution >= 0.6 is 0 Å². The van der Waals surface area contributed by atoms with E-state index in [0.29, 0.717) is 0 Å². The van der Waals surface area contributed by atoms with Crippen LogP contribution in [0.1, 0.15) is 11.1 Å². The molecule has 1 aromatic heterocycles. The summed E-state index contributed by atoms with van der Waals surface area (Å²) in [6.45, 7) is 0.812. The molecular formula is C17H19N6+. The molecule has 0 bridgehead atoms. The number of nitrogens with two attached hydrogens (primary N) is 2. The predicted molar refractivity (Wildman–Crippen MR) is 92.1 cm³/mol. The van der Waals surface area contributed by atoms with Gasteiger partial charge in [-0.1, -0.05) is 36.4 Å². The molecule has 0 aliphatic heterocycles. The first-order chi connectivity index (χ1) is 11.1. The zero-order valence-electron chi connectivity index (χ0n) is 12.9. The van der Waals surface area contributed by atoms with Crippen LogP contribution in [0.4, 0.5) is 0 Å². The molecule has 0 saturated carbocycles. The van der Waals surface area contributed by atoms with Gasteiger partial charge < -0.3 is 11.5 Å². The standard InChI is InChI=1S/C17H19N6/c1-22-12-23(16-5-3-2-4-15(16)22)11-14-8-6-13(7-9-14)10-20-21-17(18)19/h2-10,12H,11H2,1H3,(H4,18,19,21)/q+1/b20-10+. The van der Waals surface area contributed by atoms with Crippen LogP contribution in [0.5, 0.6) is 0 Å². The molecule has 6 nitrogen and oxygen atoms in total. The van der Waals surface area contributed by atoms with Gasteiger partial charge in [0, 0.05) is 0 Å². The van der Waals surface area contributed by atoms with E-state index in [0.717, 1.165) is 12.1 Å². The fourth-order valence-electron chi connectivity index (χ4n) is 2.53. The van der Waals surface area contributed by atoms with Gasteiger partial charge in [-0.15, -0.1) is 5.10 Å². The number of hydrogen-bond acceptors (Lipinski definition) is 2. The van der Waals surface area contributed by atoms with Crippen molar-refractivity contribution in [3.8, 4) is 0 Å². The lowest BCUT2D eigenvalue weighted by Crippen LogP contribution is -2.25. The minimum absolute atomic E-state index is 0.0507. The third-order valence-corrected chi connectivity index (χ3v) is 3.60. The van der Waals surface area contributed by atoms with Crippen LogP contribution in [0.2, 0.25) is 0 Å². The monoisotopic (exact) mass is 307 g/mol. The van der Waals surface area contributed by atoms with Gasteiger partial charge in [0.2, 0.25) is 12.3 Å². The predicted octanol–water partition coefficient (Wildman–Crippen LogP) is 1.12. The third-order valence-electron chi connectivity index (χ3n) is 3.60. The van der Waals surface area contributed by atoms with Crippen LogP contribution in [0.3, 0.4) is 0 Å². The molecule has 0 fully saturated rings. The number of nitrogens with zero attached hydrogens (tertiary/aromatic N) is 4. The SMILES string of the molecule is C[n+]1cn(Cc2ccc(/C=N/N=C(N)N)cc2)c2ccccc21. The minimum atomic E-state index is -0.0507. The molecule has 4 N–H and O–H groups in total. The zero-order valence-corrected chi connectivity index (χ0v) is 12.9. The Morgan fingerprint density at radius 1 is 1.13 bits per heavy atom. The van der Waals surface area contributed by atoms with Gasteiger partial charge in [0.05, 0.1) is 13.3 Å². The number of imidazole rings is 1. The van der Waals surface area contributed by atoms with Gasteiger partial charge in [-0.05, 0) is 23.3 Å². The number of aromatic nitrogens is 2. The van der Waals surface area contributed by atoms with Crippen molar-refractivity contribution < 1.29 is 4.57 Å². The van der Waals surface area contributed by atoms with E-state index in [-0.39, 0.29) is 5.96 Å². The summed E-state index contributed by atoms with van der Waals surface area (Å²) in [5.41, 5.74) is 15.0. The Kier molecular flexibility index (Phi) is 4.05. The number of benzene rings is 2. The van der Waals surface area contributed by atoms with E-state index in [9.17, 15) is 0 Å².